The van der Waals surface area contributed by atoms with Gasteiger partial charge in [0.15, 0.2) is 25.8 Å². The summed E-state index contributed by atoms with van der Waals surface area (Å²) in [6.07, 6.45) is -2.48. The summed E-state index contributed by atoms with van der Waals surface area (Å²) in [5.41, 5.74) is 8.69. The molecule has 120 heavy (non-hydrogen) atoms. The van der Waals surface area contributed by atoms with Gasteiger partial charge in [0.1, 0.15) is 62.4 Å². The van der Waals surface area contributed by atoms with Crippen molar-refractivity contribution in [1.29, 1.82) is 0 Å². The number of nitrogens with zero attached hydrogens (tertiary/aromatic N) is 6. The number of carbonyl (C=O) groups excluding carboxylic acids is 3. The summed E-state index contributed by atoms with van der Waals surface area (Å²) < 4.78 is 106. The van der Waals surface area contributed by atoms with Gasteiger partial charge >= 0.3 is 6.09 Å². The van der Waals surface area contributed by atoms with Crippen LogP contribution in [-0.2, 0) is 56.1 Å². The summed E-state index contributed by atoms with van der Waals surface area (Å²) in [6, 6.07) is 44.3. The molecular weight excluding hydrogens is 1660 g/mol. The Morgan fingerprint density at radius 3 is 1.25 bits per heavy atom. The lowest BCUT2D eigenvalue weighted by molar-refractivity contribution is -0.385. The van der Waals surface area contributed by atoms with Gasteiger partial charge in [0.25, 0.3) is 23.2 Å². The van der Waals surface area contributed by atoms with Crippen molar-refractivity contribution < 1.29 is 79.7 Å². The summed E-state index contributed by atoms with van der Waals surface area (Å²) in [6.45, 7) is 16.4. The number of nitro benzene ring substituents is 2. The van der Waals surface area contributed by atoms with Crippen LogP contribution in [0.3, 0.4) is 0 Å². The zero-order valence-electron chi connectivity index (χ0n) is 66.5. The maximum Gasteiger partial charge on any atom is 0.413 e. The van der Waals surface area contributed by atoms with Crippen LogP contribution in [0, 0.1) is 78.9 Å². The number of thiocarbonyl (C=S) groups is 1. The van der Waals surface area contributed by atoms with E-state index in [0.29, 0.717) is 87.0 Å². The van der Waals surface area contributed by atoms with E-state index in [4.69, 9.17) is 57.1 Å². The molecule has 0 bridgehead atoms. The maximum absolute atomic E-state index is 14.8. The van der Waals surface area contributed by atoms with Crippen LogP contribution in [-0.4, -0.2) is 157 Å². The van der Waals surface area contributed by atoms with Crippen LogP contribution in [0.15, 0.2) is 190 Å². The second-order valence-electron chi connectivity index (χ2n) is 30.7. The van der Waals surface area contributed by atoms with Crippen molar-refractivity contribution in [2.24, 2.45) is 61.0 Å². The fraction of sp³-hybridized carbons (Fsp3) is 0.405. The van der Waals surface area contributed by atoms with E-state index in [-0.39, 0.29) is 105 Å². The van der Waals surface area contributed by atoms with Gasteiger partial charge in [0.05, 0.1) is 80.0 Å². The highest BCUT2D eigenvalue weighted by Gasteiger charge is 2.59. The van der Waals surface area contributed by atoms with Crippen LogP contribution < -0.4 is 32.7 Å². The molecule has 0 spiro atoms. The largest absolute Gasteiger partial charge is 0.444 e. The molecule has 36 heteroatoms. The molecule has 636 valence electrons. The van der Waals surface area contributed by atoms with Crippen molar-refractivity contribution in [3.8, 4) is 0 Å². The molecule has 5 saturated heterocycles. The van der Waals surface area contributed by atoms with E-state index in [1.54, 1.807) is 120 Å². The number of nitrogens with one attached hydrogen (secondary N) is 4. The van der Waals surface area contributed by atoms with E-state index >= 15 is 0 Å². The quantitative estimate of drug-likeness (QED) is 0.0274. The van der Waals surface area contributed by atoms with Gasteiger partial charge in [-0.1, -0.05) is 138 Å². The molecule has 7 aromatic rings. The Balaban J connectivity index is 0.000000139. The molecule has 5 fully saturated rings. The van der Waals surface area contributed by atoms with Crippen molar-refractivity contribution in [1.82, 2.24) is 21.3 Å². The number of amidine groups is 4. The maximum atomic E-state index is 14.8. The predicted octanol–water partition coefficient (Wildman–Crippen LogP) is 13.7. The smallest absolute Gasteiger partial charge is 0.413 e. The molecule has 0 saturated carbocycles. The minimum Gasteiger partial charge on any atom is -0.444 e. The zero-order valence-corrected chi connectivity index (χ0v) is 70.6. The Hall–Kier alpha value is -9.47. The average Bonchev–Trinajstić information content (AvgIpc) is 1.56. The fourth-order valence-corrected chi connectivity index (χ4v) is 20.9. The number of nitro groups is 2. The highest BCUT2D eigenvalue weighted by Crippen LogP contribution is 2.54. The molecule has 3 amide bonds. The van der Waals surface area contributed by atoms with Gasteiger partial charge in [-0.15, -0.1) is 0 Å². The van der Waals surface area contributed by atoms with Crippen LogP contribution in [0.25, 0.3) is 0 Å². The number of alkyl carbamates (subject to hydrolysis) is 1. The van der Waals surface area contributed by atoms with E-state index < -0.39 is 90.9 Å². The molecule has 16 rings (SSSR count). The van der Waals surface area contributed by atoms with E-state index in [1.807, 2.05) is 50.2 Å². The number of amides is 3. The molecule has 9 N–H and O–H groups in total. The van der Waals surface area contributed by atoms with Crippen LogP contribution in [0.1, 0.15) is 104 Å². The van der Waals surface area contributed by atoms with Crippen LogP contribution >= 0.6 is 59.3 Å². The number of hydrogen-bond acceptors (Lipinski definition) is 25. The van der Waals surface area contributed by atoms with Gasteiger partial charge in [0.2, 0.25) is 0 Å². The third-order valence-electron chi connectivity index (χ3n) is 22.6. The van der Waals surface area contributed by atoms with Crippen molar-refractivity contribution in [3.63, 3.8) is 0 Å². The van der Waals surface area contributed by atoms with Crippen LogP contribution in [0.2, 0.25) is 0 Å². The minimum absolute atomic E-state index is 0.0444. The number of ether oxygens (including phenoxy) is 6. The van der Waals surface area contributed by atoms with E-state index in [2.05, 4.69) is 36.2 Å². The van der Waals surface area contributed by atoms with Gasteiger partial charge in [-0.05, 0) is 122 Å². The molecule has 15 atom stereocenters. The second kappa shape index (κ2) is 37.9. The average molecular weight is 1750 g/mol. The first kappa shape index (κ1) is 89.8. The van der Waals surface area contributed by atoms with E-state index in [0.717, 1.165) is 30.0 Å². The number of aliphatic hydroxyl groups is 1. The third-order valence-corrected chi connectivity index (χ3v) is 26.8. The number of aliphatic hydroxyl groups excluding tert-OH is 1. The normalized spacial score (nSPS) is 28.6. The first-order chi connectivity index (χ1) is 57.2. The zero-order chi connectivity index (χ0) is 86.2. The van der Waals surface area contributed by atoms with Gasteiger partial charge in [-0.3, -0.25) is 40.5 Å². The van der Waals surface area contributed by atoms with Gasteiger partial charge in [-0.25, -0.2) is 46.7 Å². The van der Waals surface area contributed by atoms with Gasteiger partial charge in [0, 0.05) is 116 Å². The Labute approximate surface area is 711 Å². The predicted molar refractivity (Wildman–Crippen MR) is 456 cm³/mol. The number of rotatable bonds is 11. The molecule has 9 heterocycles. The van der Waals surface area contributed by atoms with Crippen molar-refractivity contribution in [2.45, 2.75) is 119 Å². The van der Waals surface area contributed by atoms with Crippen LogP contribution in [0.4, 0.5) is 38.1 Å². The highest BCUT2D eigenvalue weighted by molar-refractivity contribution is 8.14. The second-order valence-corrected chi connectivity index (χ2v) is 35.2. The number of benzene rings is 7. The molecule has 0 radical (unpaired) electrons. The first-order valence-electron chi connectivity index (χ1n) is 38.5. The van der Waals surface area contributed by atoms with E-state index in [1.165, 1.54) is 77.4 Å². The standard InChI is InChI=1S/C20H21FN2O3S.C20H19FN2O2S.C18H22FN3O5S.C13H14FN3O3S.C13H15FN2OS/c1-13-20(15(11-24)12-26-13,16-9-5-6-10-17(16)21)23-19(27)22-18(25)14-7-3-2-4-8-14;1-13-20(16-9-5-6-10-17(16)21)15(11-25-13)12-26-19(23-20)22-18(24)14-7-3-2-4-8-14;1-10-18(13-7-12(22(24)25)5-6-14(13)19)11(8-26-10)9-28-15(21-18)20-16(23)27-17(2,3)4;1-7-13(8(5-20-7)6-21-12(15)16-13)10-4-9(17(18)19)2-3-11(10)14;1-8-13(10-4-2-3-5-11(10)14)9(6-17-8)7-18-12(15)16-13/h2-10,13,15,24H,11-12H2,1H3,(H2,22,23,25,27);2-10,13,15H,11-12H2,1H3,(H,22,23,24);5-7,10-11H,8-9H2,1-4H3,(H,20,21,23);2-4,7-8H,5-6H2,1H3,(H2,15,16);2-5,8-9H,6-7H2,1H3,(H2,15,16)/t13-,15-,20+;13-,15+,20+;10-,11+,18+;7-,8+,13+;8-,9+,13+/m11111/s1. The highest BCUT2D eigenvalue weighted by atomic mass is 32.2. The number of non-ortho nitro benzene ring substituents is 2. The summed E-state index contributed by atoms with van der Waals surface area (Å²) in [5, 5.41) is 44.9. The Bertz CT molecular complexity index is 5110. The molecule has 0 unspecified atom stereocenters. The summed E-state index contributed by atoms with van der Waals surface area (Å²) >= 11 is 11.0. The first-order valence-corrected chi connectivity index (χ1v) is 42.9. The number of nitrogens with two attached hydrogens (primary N) is 2. The molecule has 9 aliphatic rings. The van der Waals surface area contributed by atoms with E-state index in [9.17, 15) is 61.7 Å². The van der Waals surface area contributed by atoms with Crippen molar-refractivity contribution in [3.05, 3.63) is 258 Å². The molecular formula is C84H91F5N12O14S5. The fourth-order valence-electron chi connectivity index (χ4n) is 16.6. The Kier molecular flexibility index (Phi) is 28.3. The molecule has 0 aliphatic carbocycles. The number of thioether (sulfide) groups is 4. The topological polar surface area (TPSA) is 363 Å². The van der Waals surface area contributed by atoms with Gasteiger partial charge in [-0.2, -0.15) is 0 Å². The summed E-state index contributed by atoms with van der Waals surface area (Å²) in [7, 11) is 0. The minimum atomic E-state index is -1.16. The Morgan fingerprint density at radius 1 is 0.492 bits per heavy atom. The number of aliphatic imine (C=N–C) groups is 4. The lowest BCUT2D eigenvalue weighted by Crippen LogP contribution is -2.58. The number of hydrogen-bond donors (Lipinski definition) is 7. The summed E-state index contributed by atoms with van der Waals surface area (Å²) in [5.74, 6) is -0.380. The number of halogens is 5. The number of fused-ring (bicyclic) bond motifs is 4. The van der Waals surface area contributed by atoms with Gasteiger partial charge < -0.3 is 55.6 Å². The monoisotopic (exact) mass is 1750 g/mol. The molecule has 0 aromatic heterocycles. The molecule has 26 nitrogen and oxygen atoms in total. The summed E-state index contributed by atoms with van der Waals surface area (Å²) in [4.78, 5) is 76.6. The SMILES string of the molecule is C[C@H]1OC[C@@H](CO)[C@]1(NC(=S)NC(=O)c1ccccc1)c1ccccc1F.C[C@H]1OC[C@H]2CSC(N)=N[C@]21c1cc([N+](=O)[O-])ccc1F.C[C@H]1OC[C@H]2CSC(N)=N[C@]21c1ccccc1F.C[C@H]1OC[C@H]2CSC(NC(=O)OC(C)(C)C)=N[C@]21c1cc([N+](=O)[O-])ccc1F.C[C@H]1OC[C@H]2CSC(NC(=O)c3ccccc3)=N[C@]21c1ccccc1F. The Morgan fingerprint density at radius 2 is 0.842 bits per heavy atom. The molecule has 9 aliphatic heterocycles. The van der Waals surface area contributed by atoms with Crippen molar-refractivity contribution in [2.75, 3.05) is 62.7 Å². The lowest BCUT2D eigenvalue weighted by Gasteiger charge is -2.39. The lowest BCUT2D eigenvalue weighted by atomic mass is 9.76. The molecule has 7 aromatic carbocycles. The third kappa shape index (κ3) is 18.5. The van der Waals surface area contributed by atoms with Crippen molar-refractivity contribution >= 4 is 114 Å². The number of carbonyl (C=O) groups is 3. The van der Waals surface area contributed by atoms with Crippen LogP contribution in [0.5, 0.6) is 0 Å².